The van der Waals surface area contributed by atoms with E-state index in [0.29, 0.717) is 24.3 Å². The van der Waals surface area contributed by atoms with Crippen LogP contribution in [0.25, 0.3) is 0 Å². The number of ketones is 1. The van der Waals surface area contributed by atoms with E-state index in [-0.39, 0.29) is 11.7 Å². The molecule has 1 rings (SSSR count). The van der Waals surface area contributed by atoms with E-state index in [0.717, 1.165) is 0 Å². The fraction of sp³-hybridized carbons (Fsp3) is 0.500. The van der Waals surface area contributed by atoms with Crippen molar-refractivity contribution >= 4 is 5.78 Å². The first-order valence-electron chi connectivity index (χ1n) is 5.21. The number of methoxy groups -OCH3 is 2. The van der Waals surface area contributed by atoms with Gasteiger partial charge in [-0.15, -0.1) is 0 Å². The van der Waals surface area contributed by atoms with Crippen molar-refractivity contribution in [2.75, 3.05) is 20.8 Å². The molecule has 0 bridgehead atoms. The number of rotatable bonds is 6. The molecular formula is C12H17NO3. The molecular weight excluding hydrogens is 206 g/mol. The number of nitrogens with zero attached hydrogens (tertiary/aromatic N) is 1. The topological polar surface area (TPSA) is 48.4 Å². The number of carbonyl (C=O) groups excluding carboxylic acids is 1. The van der Waals surface area contributed by atoms with E-state index < -0.39 is 0 Å². The molecule has 1 aromatic rings. The highest BCUT2D eigenvalue weighted by molar-refractivity contribution is 5.99. The fourth-order valence-corrected chi connectivity index (χ4v) is 1.44. The summed E-state index contributed by atoms with van der Waals surface area (Å²) in [5, 5.41) is 0. The van der Waals surface area contributed by atoms with Crippen molar-refractivity contribution in [3.63, 3.8) is 0 Å². The van der Waals surface area contributed by atoms with E-state index in [1.807, 2.05) is 6.92 Å². The molecule has 1 heterocycles. The third-order valence-electron chi connectivity index (χ3n) is 2.47. The van der Waals surface area contributed by atoms with E-state index in [1.54, 1.807) is 25.6 Å². The lowest BCUT2D eigenvalue weighted by Crippen LogP contribution is -2.14. The molecule has 0 fully saturated rings. The zero-order valence-electron chi connectivity index (χ0n) is 9.90. The van der Waals surface area contributed by atoms with Gasteiger partial charge in [0.25, 0.3) is 0 Å². The average Bonchev–Trinajstić information content (AvgIpc) is 2.34. The quantitative estimate of drug-likeness (QED) is 0.691. The van der Waals surface area contributed by atoms with Gasteiger partial charge in [-0.1, -0.05) is 6.92 Å². The first kappa shape index (κ1) is 12.6. The number of hydrogen-bond donors (Lipinski definition) is 0. The monoisotopic (exact) mass is 223 g/mol. The van der Waals surface area contributed by atoms with Crippen LogP contribution in [0, 0.1) is 5.92 Å². The van der Waals surface area contributed by atoms with Gasteiger partial charge in [0.15, 0.2) is 5.78 Å². The molecule has 1 atom stereocenters. The van der Waals surface area contributed by atoms with Crippen molar-refractivity contribution in [2.24, 2.45) is 5.92 Å². The lowest BCUT2D eigenvalue weighted by atomic mass is 9.97. The predicted octanol–water partition coefficient (Wildman–Crippen LogP) is 1.95. The lowest BCUT2D eigenvalue weighted by molar-refractivity contribution is 0.0890. The van der Waals surface area contributed by atoms with Gasteiger partial charge in [-0.3, -0.25) is 9.78 Å². The van der Waals surface area contributed by atoms with Crippen LogP contribution in [0.4, 0.5) is 0 Å². The molecule has 88 valence electrons. The van der Waals surface area contributed by atoms with Crippen molar-refractivity contribution in [1.29, 1.82) is 0 Å². The van der Waals surface area contributed by atoms with Gasteiger partial charge in [0.1, 0.15) is 5.75 Å². The van der Waals surface area contributed by atoms with Crippen molar-refractivity contribution in [3.8, 4) is 5.75 Å². The molecule has 0 N–H and O–H groups in total. The molecule has 4 heteroatoms. The van der Waals surface area contributed by atoms with Crippen LogP contribution in [0.3, 0.4) is 0 Å². The Morgan fingerprint density at radius 2 is 2.25 bits per heavy atom. The molecule has 0 spiro atoms. The number of ether oxygens (including phenoxy) is 2. The second-order valence-corrected chi connectivity index (χ2v) is 3.62. The molecule has 0 amide bonds. The van der Waals surface area contributed by atoms with Gasteiger partial charge in [-0.05, 0) is 12.5 Å². The molecule has 16 heavy (non-hydrogen) atoms. The van der Waals surface area contributed by atoms with Crippen LogP contribution in [0.1, 0.15) is 23.7 Å². The largest absolute Gasteiger partial charge is 0.494 e. The van der Waals surface area contributed by atoms with Crippen molar-refractivity contribution < 1.29 is 14.3 Å². The zero-order chi connectivity index (χ0) is 12.0. The molecule has 0 saturated heterocycles. The van der Waals surface area contributed by atoms with E-state index in [9.17, 15) is 4.79 Å². The highest BCUT2D eigenvalue weighted by atomic mass is 16.5. The third-order valence-corrected chi connectivity index (χ3v) is 2.47. The summed E-state index contributed by atoms with van der Waals surface area (Å²) in [5.74, 6) is 0.518. The normalized spacial score (nSPS) is 12.2. The third kappa shape index (κ3) is 3.03. The molecule has 0 aromatic carbocycles. The van der Waals surface area contributed by atoms with Crippen LogP contribution in [0.2, 0.25) is 0 Å². The highest BCUT2D eigenvalue weighted by Crippen LogP contribution is 2.21. The van der Waals surface area contributed by atoms with E-state index in [2.05, 4.69) is 4.98 Å². The first-order chi connectivity index (χ1) is 7.70. The number of hydrogen-bond acceptors (Lipinski definition) is 4. The summed E-state index contributed by atoms with van der Waals surface area (Å²) < 4.78 is 10.1. The molecule has 0 aliphatic carbocycles. The summed E-state index contributed by atoms with van der Waals surface area (Å²) in [6.45, 7) is 2.47. The Bertz CT molecular complexity index is 352. The minimum absolute atomic E-state index is 0.0660. The highest BCUT2D eigenvalue weighted by Gasteiger charge is 2.18. The first-order valence-corrected chi connectivity index (χ1v) is 5.21. The minimum Gasteiger partial charge on any atom is -0.494 e. The molecule has 0 aliphatic rings. The second-order valence-electron chi connectivity index (χ2n) is 3.62. The Morgan fingerprint density at radius 3 is 2.88 bits per heavy atom. The number of Topliss-reactive ketones (excluding diaryl/α,β-unsaturated/α-hetero) is 1. The minimum atomic E-state index is -0.0729. The lowest BCUT2D eigenvalue weighted by Gasteiger charge is -2.12. The summed E-state index contributed by atoms with van der Waals surface area (Å²) in [7, 11) is 3.16. The van der Waals surface area contributed by atoms with Crippen molar-refractivity contribution in [2.45, 2.75) is 13.3 Å². The van der Waals surface area contributed by atoms with Gasteiger partial charge in [-0.2, -0.15) is 0 Å². The standard InChI is InChI=1S/C12H17NO3/c1-9(5-7-15-2)12(14)10-4-6-13-8-11(10)16-3/h4,6,8-9H,5,7H2,1-3H3. The van der Waals surface area contributed by atoms with Crippen LogP contribution in [0.5, 0.6) is 5.75 Å². The maximum atomic E-state index is 12.1. The van der Waals surface area contributed by atoms with Gasteiger partial charge in [0, 0.05) is 25.8 Å². The van der Waals surface area contributed by atoms with Crippen LogP contribution < -0.4 is 4.74 Å². The van der Waals surface area contributed by atoms with Gasteiger partial charge in [0.05, 0.1) is 18.9 Å². The Kier molecular flexibility index (Phi) is 4.92. The van der Waals surface area contributed by atoms with Crippen LogP contribution in [0.15, 0.2) is 18.5 Å². The average molecular weight is 223 g/mol. The maximum absolute atomic E-state index is 12.1. The molecule has 4 nitrogen and oxygen atoms in total. The van der Waals surface area contributed by atoms with E-state index in [1.165, 1.54) is 7.11 Å². The smallest absolute Gasteiger partial charge is 0.169 e. The molecule has 0 radical (unpaired) electrons. The van der Waals surface area contributed by atoms with Crippen LogP contribution in [-0.4, -0.2) is 31.6 Å². The summed E-state index contributed by atoms with van der Waals surface area (Å²) in [6.07, 6.45) is 3.86. The molecule has 0 aliphatic heterocycles. The maximum Gasteiger partial charge on any atom is 0.169 e. The molecule has 0 saturated carbocycles. The van der Waals surface area contributed by atoms with Crippen molar-refractivity contribution in [1.82, 2.24) is 4.98 Å². The predicted molar refractivity (Wildman–Crippen MR) is 60.8 cm³/mol. The summed E-state index contributed by atoms with van der Waals surface area (Å²) in [5.41, 5.74) is 0.584. The molecule has 1 aromatic heterocycles. The number of carbonyl (C=O) groups is 1. The zero-order valence-corrected chi connectivity index (χ0v) is 9.90. The van der Waals surface area contributed by atoms with E-state index >= 15 is 0 Å². The number of aromatic nitrogens is 1. The summed E-state index contributed by atoms with van der Waals surface area (Å²) in [4.78, 5) is 16.0. The number of pyridine rings is 1. The summed E-state index contributed by atoms with van der Waals surface area (Å²) >= 11 is 0. The Morgan fingerprint density at radius 1 is 1.50 bits per heavy atom. The summed E-state index contributed by atoms with van der Waals surface area (Å²) in [6, 6.07) is 1.68. The van der Waals surface area contributed by atoms with Crippen LogP contribution >= 0.6 is 0 Å². The SMILES string of the molecule is COCCC(C)C(=O)c1ccncc1OC. The van der Waals surface area contributed by atoms with Crippen molar-refractivity contribution in [3.05, 3.63) is 24.0 Å². The van der Waals surface area contributed by atoms with Gasteiger partial charge in [0.2, 0.25) is 0 Å². The fourth-order valence-electron chi connectivity index (χ4n) is 1.44. The van der Waals surface area contributed by atoms with E-state index in [4.69, 9.17) is 9.47 Å². The Labute approximate surface area is 95.6 Å². The Balaban J connectivity index is 2.79. The van der Waals surface area contributed by atoms with Gasteiger partial charge < -0.3 is 9.47 Å². The Hall–Kier alpha value is -1.42. The van der Waals surface area contributed by atoms with Gasteiger partial charge in [-0.25, -0.2) is 0 Å². The molecule has 1 unspecified atom stereocenters. The van der Waals surface area contributed by atoms with Gasteiger partial charge >= 0.3 is 0 Å². The second kappa shape index (κ2) is 6.23. The van der Waals surface area contributed by atoms with Crippen LogP contribution in [-0.2, 0) is 4.74 Å².